The summed E-state index contributed by atoms with van der Waals surface area (Å²) in [5.74, 6) is 1.64. The van der Waals surface area contributed by atoms with Crippen molar-refractivity contribution >= 4 is 11.6 Å². The number of rotatable bonds is 5. The molecule has 1 amide bonds. The van der Waals surface area contributed by atoms with Crippen molar-refractivity contribution in [2.45, 2.75) is 32.6 Å². The van der Waals surface area contributed by atoms with Crippen molar-refractivity contribution in [3.05, 3.63) is 24.3 Å². The van der Waals surface area contributed by atoms with E-state index >= 15 is 0 Å². The van der Waals surface area contributed by atoms with Crippen molar-refractivity contribution in [1.82, 2.24) is 4.90 Å². The molecule has 1 fully saturated rings. The number of nitrogen functional groups attached to an aromatic ring is 1. The molecule has 0 bridgehead atoms. The van der Waals surface area contributed by atoms with Crippen LogP contribution in [0.15, 0.2) is 24.3 Å². The Hall–Kier alpha value is -1.71. The molecule has 0 radical (unpaired) electrons. The van der Waals surface area contributed by atoms with Crippen LogP contribution in [0, 0.1) is 5.92 Å². The average Bonchev–Trinajstić information content (AvgIpc) is 2.63. The molecular formula is C16H24N2O2. The molecule has 1 aliphatic rings. The van der Waals surface area contributed by atoms with Gasteiger partial charge in [-0.1, -0.05) is 25.5 Å². The number of amides is 1. The second-order valence-corrected chi connectivity index (χ2v) is 5.37. The summed E-state index contributed by atoms with van der Waals surface area (Å²) < 4.78 is 5.66. The number of benzene rings is 1. The van der Waals surface area contributed by atoms with Gasteiger partial charge in [0.25, 0.3) is 0 Å². The van der Waals surface area contributed by atoms with Crippen molar-refractivity contribution in [1.29, 1.82) is 0 Å². The minimum atomic E-state index is 0.255. The average molecular weight is 276 g/mol. The van der Waals surface area contributed by atoms with Crippen LogP contribution in [0.25, 0.3) is 0 Å². The third kappa shape index (κ3) is 3.89. The lowest BCUT2D eigenvalue weighted by atomic mass is 9.98. The van der Waals surface area contributed by atoms with E-state index < -0.39 is 0 Å². The number of nitrogens with zero attached hydrogens (tertiary/aromatic N) is 1. The van der Waals surface area contributed by atoms with E-state index in [1.54, 1.807) is 0 Å². The number of hydrogen-bond acceptors (Lipinski definition) is 3. The molecule has 110 valence electrons. The number of carbonyl (C=O) groups is 1. The van der Waals surface area contributed by atoms with Crippen LogP contribution in [0.5, 0.6) is 5.75 Å². The van der Waals surface area contributed by atoms with Crippen LogP contribution in [-0.4, -0.2) is 30.5 Å². The van der Waals surface area contributed by atoms with Crippen molar-refractivity contribution in [3.63, 3.8) is 0 Å². The van der Waals surface area contributed by atoms with Gasteiger partial charge in [0, 0.05) is 13.0 Å². The Kier molecular flexibility index (Phi) is 5.27. The first-order valence-electron chi connectivity index (χ1n) is 7.45. The standard InChI is InChI=1S/C16H24N2O2/c1-2-13-7-8-16(19)18(10-9-13)11-12-20-15-6-4-3-5-14(15)17/h3-6,13H,2,7-12,17H2,1H3. The van der Waals surface area contributed by atoms with Gasteiger partial charge in [-0.2, -0.15) is 0 Å². The van der Waals surface area contributed by atoms with Gasteiger partial charge in [-0.05, 0) is 30.9 Å². The van der Waals surface area contributed by atoms with E-state index in [-0.39, 0.29) is 5.91 Å². The highest BCUT2D eigenvalue weighted by Gasteiger charge is 2.21. The largest absolute Gasteiger partial charge is 0.490 e. The van der Waals surface area contributed by atoms with E-state index in [2.05, 4.69) is 6.92 Å². The molecule has 20 heavy (non-hydrogen) atoms. The van der Waals surface area contributed by atoms with Crippen LogP contribution in [0.3, 0.4) is 0 Å². The van der Waals surface area contributed by atoms with E-state index in [0.29, 0.717) is 36.9 Å². The molecular weight excluding hydrogens is 252 g/mol. The van der Waals surface area contributed by atoms with Crippen molar-refractivity contribution < 1.29 is 9.53 Å². The summed E-state index contributed by atoms with van der Waals surface area (Å²) in [6, 6.07) is 7.45. The topological polar surface area (TPSA) is 55.6 Å². The number of anilines is 1. The van der Waals surface area contributed by atoms with E-state index in [4.69, 9.17) is 10.5 Å². The molecule has 4 nitrogen and oxygen atoms in total. The smallest absolute Gasteiger partial charge is 0.222 e. The highest BCUT2D eigenvalue weighted by molar-refractivity contribution is 5.76. The van der Waals surface area contributed by atoms with Crippen LogP contribution >= 0.6 is 0 Å². The predicted octanol–water partition coefficient (Wildman–Crippen LogP) is 2.69. The van der Waals surface area contributed by atoms with Crippen LogP contribution in [0.1, 0.15) is 32.6 Å². The summed E-state index contributed by atoms with van der Waals surface area (Å²) in [6.07, 6.45) is 3.97. The van der Waals surface area contributed by atoms with Crippen molar-refractivity contribution in [2.75, 3.05) is 25.4 Å². The van der Waals surface area contributed by atoms with Gasteiger partial charge in [0.2, 0.25) is 5.91 Å². The SMILES string of the molecule is CCC1CCC(=O)N(CCOc2ccccc2N)CC1. The highest BCUT2D eigenvalue weighted by atomic mass is 16.5. The molecule has 1 aromatic rings. The lowest BCUT2D eigenvalue weighted by molar-refractivity contribution is -0.131. The second-order valence-electron chi connectivity index (χ2n) is 5.37. The Labute approximate surface area is 120 Å². The maximum atomic E-state index is 12.0. The summed E-state index contributed by atoms with van der Waals surface area (Å²) in [5.41, 5.74) is 6.46. The van der Waals surface area contributed by atoms with E-state index in [1.165, 1.54) is 0 Å². The Morgan fingerprint density at radius 1 is 1.35 bits per heavy atom. The third-order valence-corrected chi connectivity index (χ3v) is 4.04. The molecule has 1 unspecified atom stereocenters. The van der Waals surface area contributed by atoms with Crippen LogP contribution in [0.4, 0.5) is 5.69 Å². The summed E-state index contributed by atoms with van der Waals surface area (Å²) in [6.45, 7) is 4.19. The molecule has 1 heterocycles. The zero-order valence-electron chi connectivity index (χ0n) is 12.2. The van der Waals surface area contributed by atoms with Gasteiger partial charge in [-0.3, -0.25) is 4.79 Å². The van der Waals surface area contributed by atoms with E-state index in [0.717, 1.165) is 25.8 Å². The van der Waals surface area contributed by atoms with Crippen molar-refractivity contribution in [3.8, 4) is 5.75 Å². The third-order valence-electron chi connectivity index (χ3n) is 4.04. The monoisotopic (exact) mass is 276 g/mol. The molecule has 1 atom stereocenters. The Balaban J connectivity index is 1.81. The molecule has 2 rings (SSSR count). The minimum Gasteiger partial charge on any atom is -0.490 e. The number of carbonyl (C=O) groups excluding carboxylic acids is 1. The maximum Gasteiger partial charge on any atom is 0.222 e. The van der Waals surface area contributed by atoms with Gasteiger partial charge in [0.1, 0.15) is 12.4 Å². The van der Waals surface area contributed by atoms with E-state index in [1.807, 2.05) is 29.2 Å². The molecule has 1 saturated heterocycles. The lowest BCUT2D eigenvalue weighted by Gasteiger charge is -2.21. The Morgan fingerprint density at radius 2 is 2.15 bits per heavy atom. The Bertz CT molecular complexity index is 448. The zero-order valence-corrected chi connectivity index (χ0v) is 12.2. The first-order chi connectivity index (χ1) is 9.70. The first-order valence-corrected chi connectivity index (χ1v) is 7.45. The van der Waals surface area contributed by atoms with Gasteiger partial charge in [-0.25, -0.2) is 0 Å². The molecule has 0 aromatic heterocycles. The molecule has 1 aromatic carbocycles. The fraction of sp³-hybridized carbons (Fsp3) is 0.562. The number of hydrogen-bond donors (Lipinski definition) is 1. The minimum absolute atomic E-state index is 0.255. The summed E-state index contributed by atoms with van der Waals surface area (Å²) in [7, 11) is 0. The molecule has 1 aliphatic heterocycles. The normalized spacial score (nSPS) is 19.8. The lowest BCUT2D eigenvalue weighted by Crippen LogP contribution is -2.34. The zero-order chi connectivity index (χ0) is 14.4. The van der Waals surface area contributed by atoms with Gasteiger partial charge in [0.15, 0.2) is 0 Å². The van der Waals surface area contributed by atoms with Crippen molar-refractivity contribution in [2.24, 2.45) is 5.92 Å². The van der Waals surface area contributed by atoms with Gasteiger partial charge >= 0.3 is 0 Å². The Morgan fingerprint density at radius 3 is 2.90 bits per heavy atom. The van der Waals surface area contributed by atoms with Gasteiger partial charge in [-0.15, -0.1) is 0 Å². The maximum absolute atomic E-state index is 12.0. The molecule has 0 aliphatic carbocycles. The number of para-hydroxylation sites is 2. The van der Waals surface area contributed by atoms with Crippen LogP contribution < -0.4 is 10.5 Å². The second kappa shape index (κ2) is 7.17. The highest BCUT2D eigenvalue weighted by Crippen LogP contribution is 2.22. The van der Waals surface area contributed by atoms with Crippen LogP contribution in [0.2, 0.25) is 0 Å². The number of likely N-dealkylation sites (tertiary alicyclic amines) is 1. The predicted molar refractivity (Wildman–Crippen MR) is 80.6 cm³/mol. The molecule has 2 N–H and O–H groups in total. The van der Waals surface area contributed by atoms with Crippen LogP contribution in [-0.2, 0) is 4.79 Å². The fourth-order valence-corrected chi connectivity index (χ4v) is 2.62. The quantitative estimate of drug-likeness (QED) is 0.841. The molecule has 0 spiro atoms. The van der Waals surface area contributed by atoms with Gasteiger partial charge < -0.3 is 15.4 Å². The van der Waals surface area contributed by atoms with Gasteiger partial charge in [0.05, 0.1) is 12.2 Å². The number of nitrogens with two attached hydrogens (primary N) is 1. The van der Waals surface area contributed by atoms with E-state index in [9.17, 15) is 4.79 Å². The first kappa shape index (κ1) is 14.7. The summed E-state index contributed by atoms with van der Waals surface area (Å²) in [4.78, 5) is 14.0. The fourth-order valence-electron chi connectivity index (χ4n) is 2.62. The number of ether oxygens (including phenoxy) is 1. The molecule has 4 heteroatoms. The molecule has 0 saturated carbocycles. The summed E-state index contributed by atoms with van der Waals surface area (Å²) in [5, 5.41) is 0. The summed E-state index contributed by atoms with van der Waals surface area (Å²) >= 11 is 0.